The highest BCUT2D eigenvalue weighted by Gasteiger charge is 2.16. The van der Waals surface area contributed by atoms with Crippen LogP contribution in [0.3, 0.4) is 0 Å². The quantitative estimate of drug-likeness (QED) is 0.601. The van der Waals surface area contributed by atoms with E-state index in [-0.39, 0.29) is 11.4 Å². The van der Waals surface area contributed by atoms with Crippen LogP contribution in [0.4, 0.5) is 0 Å². The summed E-state index contributed by atoms with van der Waals surface area (Å²) in [7, 11) is 1.64. The number of amides is 1. The van der Waals surface area contributed by atoms with Crippen LogP contribution in [-0.2, 0) is 4.74 Å². The zero-order valence-electron chi connectivity index (χ0n) is 15.0. The van der Waals surface area contributed by atoms with Gasteiger partial charge in [-0.1, -0.05) is 26.0 Å². The summed E-state index contributed by atoms with van der Waals surface area (Å²) in [6.45, 7) is 6.65. The SMILES string of the molecule is COCCNCCNC(=O)c1nn(-c2ccc(C(C)C)cc2)cc1O. The van der Waals surface area contributed by atoms with E-state index in [0.717, 1.165) is 12.2 Å². The highest BCUT2D eigenvalue weighted by Crippen LogP contribution is 2.20. The number of aromatic nitrogens is 2. The van der Waals surface area contributed by atoms with Gasteiger partial charge in [0.2, 0.25) is 0 Å². The lowest BCUT2D eigenvalue weighted by Gasteiger charge is -2.07. The van der Waals surface area contributed by atoms with E-state index >= 15 is 0 Å². The van der Waals surface area contributed by atoms with E-state index < -0.39 is 5.91 Å². The van der Waals surface area contributed by atoms with Crippen LogP contribution in [0, 0.1) is 0 Å². The van der Waals surface area contributed by atoms with Gasteiger partial charge in [-0.3, -0.25) is 4.79 Å². The van der Waals surface area contributed by atoms with Gasteiger partial charge in [0.25, 0.3) is 5.91 Å². The number of rotatable bonds is 9. The van der Waals surface area contributed by atoms with Crippen LogP contribution in [0.15, 0.2) is 30.5 Å². The molecule has 3 N–H and O–H groups in total. The third-order valence-electron chi connectivity index (χ3n) is 3.80. The smallest absolute Gasteiger partial charge is 0.275 e. The fraction of sp³-hybridized carbons (Fsp3) is 0.444. The molecule has 0 fully saturated rings. The average molecular weight is 346 g/mol. The molecule has 0 aliphatic heterocycles. The average Bonchev–Trinajstić information content (AvgIpc) is 3.00. The topological polar surface area (TPSA) is 88.4 Å². The summed E-state index contributed by atoms with van der Waals surface area (Å²) in [5.74, 6) is -0.0970. The molecule has 0 aliphatic rings. The van der Waals surface area contributed by atoms with Gasteiger partial charge in [-0.2, -0.15) is 5.10 Å². The largest absolute Gasteiger partial charge is 0.504 e. The first kappa shape index (κ1) is 19.0. The van der Waals surface area contributed by atoms with Crippen LogP contribution in [0.25, 0.3) is 5.69 Å². The van der Waals surface area contributed by atoms with E-state index in [9.17, 15) is 9.90 Å². The maximum atomic E-state index is 12.1. The molecule has 0 spiro atoms. The van der Waals surface area contributed by atoms with Crippen molar-refractivity contribution in [3.63, 3.8) is 0 Å². The molecule has 0 saturated carbocycles. The Morgan fingerprint density at radius 2 is 1.96 bits per heavy atom. The van der Waals surface area contributed by atoms with Crippen molar-refractivity contribution in [2.75, 3.05) is 33.4 Å². The zero-order valence-corrected chi connectivity index (χ0v) is 15.0. The van der Waals surface area contributed by atoms with Gasteiger partial charge in [0, 0.05) is 26.7 Å². The number of carbonyl (C=O) groups is 1. The van der Waals surface area contributed by atoms with Gasteiger partial charge in [0.05, 0.1) is 18.5 Å². The second-order valence-electron chi connectivity index (χ2n) is 6.05. The van der Waals surface area contributed by atoms with Gasteiger partial charge in [-0.15, -0.1) is 0 Å². The molecule has 7 nitrogen and oxygen atoms in total. The Morgan fingerprint density at radius 1 is 1.24 bits per heavy atom. The lowest BCUT2D eigenvalue weighted by atomic mass is 10.0. The van der Waals surface area contributed by atoms with Gasteiger partial charge in [-0.05, 0) is 23.6 Å². The Bertz CT molecular complexity index is 680. The van der Waals surface area contributed by atoms with Crippen LogP contribution in [-0.4, -0.2) is 54.1 Å². The van der Waals surface area contributed by atoms with Crippen molar-refractivity contribution in [3.05, 3.63) is 41.7 Å². The first-order valence-electron chi connectivity index (χ1n) is 8.39. The standard InChI is InChI=1S/C18H26N4O3/c1-13(2)14-4-6-15(7-5-14)22-12-16(23)17(21-22)18(24)20-9-8-19-10-11-25-3/h4-7,12-13,19,23H,8-11H2,1-3H3,(H,20,24). The lowest BCUT2D eigenvalue weighted by molar-refractivity contribution is 0.0945. The van der Waals surface area contributed by atoms with Crippen molar-refractivity contribution < 1.29 is 14.6 Å². The molecular formula is C18H26N4O3. The van der Waals surface area contributed by atoms with Gasteiger partial charge in [0.15, 0.2) is 11.4 Å². The molecule has 7 heteroatoms. The Balaban J connectivity index is 1.95. The fourth-order valence-electron chi connectivity index (χ4n) is 2.32. The van der Waals surface area contributed by atoms with Gasteiger partial charge in [0.1, 0.15) is 0 Å². The third kappa shape index (κ3) is 5.30. The van der Waals surface area contributed by atoms with Crippen molar-refractivity contribution in [1.82, 2.24) is 20.4 Å². The molecule has 136 valence electrons. The number of nitrogens with one attached hydrogen (secondary N) is 2. The van der Waals surface area contributed by atoms with Crippen LogP contribution >= 0.6 is 0 Å². The van der Waals surface area contributed by atoms with Gasteiger partial charge >= 0.3 is 0 Å². The predicted molar refractivity (Wildman–Crippen MR) is 96.4 cm³/mol. The number of hydrogen-bond donors (Lipinski definition) is 3. The molecule has 0 radical (unpaired) electrons. The van der Waals surface area contributed by atoms with Crippen molar-refractivity contribution in [2.24, 2.45) is 0 Å². The monoisotopic (exact) mass is 346 g/mol. The Labute approximate surface area is 148 Å². The van der Waals surface area contributed by atoms with Crippen LogP contribution in [0.1, 0.15) is 35.8 Å². The minimum absolute atomic E-state index is 0.0184. The highest BCUT2D eigenvalue weighted by atomic mass is 16.5. The molecular weight excluding hydrogens is 320 g/mol. The van der Waals surface area contributed by atoms with Crippen molar-refractivity contribution in [2.45, 2.75) is 19.8 Å². The van der Waals surface area contributed by atoms with Crippen LogP contribution in [0.5, 0.6) is 5.75 Å². The molecule has 0 aliphatic carbocycles. The summed E-state index contributed by atoms with van der Waals surface area (Å²) in [6.07, 6.45) is 1.44. The number of carbonyl (C=O) groups excluding carboxylic acids is 1. The van der Waals surface area contributed by atoms with E-state index in [1.807, 2.05) is 24.3 Å². The van der Waals surface area contributed by atoms with Gasteiger partial charge < -0.3 is 20.5 Å². The lowest BCUT2D eigenvalue weighted by Crippen LogP contribution is -2.33. The summed E-state index contributed by atoms with van der Waals surface area (Å²) in [6, 6.07) is 7.88. The number of benzene rings is 1. The number of nitrogens with zero attached hydrogens (tertiary/aromatic N) is 2. The van der Waals surface area contributed by atoms with E-state index in [4.69, 9.17) is 4.74 Å². The van der Waals surface area contributed by atoms with Gasteiger partial charge in [-0.25, -0.2) is 4.68 Å². The van der Waals surface area contributed by atoms with Crippen molar-refractivity contribution in [3.8, 4) is 11.4 Å². The minimum Gasteiger partial charge on any atom is -0.504 e. The molecule has 0 unspecified atom stereocenters. The third-order valence-corrected chi connectivity index (χ3v) is 3.80. The number of ether oxygens (including phenoxy) is 1. The second-order valence-corrected chi connectivity index (χ2v) is 6.05. The maximum Gasteiger partial charge on any atom is 0.275 e. The first-order chi connectivity index (χ1) is 12.0. The number of methoxy groups -OCH3 is 1. The fourth-order valence-corrected chi connectivity index (χ4v) is 2.32. The van der Waals surface area contributed by atoms with Crippen LogP contribution < -0.4 is 10.6 Å². The Hall–Kier alpha value is -2.38. The summed E-state index contributed by atoms with van der Waals surface area (Å²) >= 11 is 0. The molecule has 0 atom stereocenters. The predicted octanol–water partition coefficient (Wildman–Crippen LogP) is 1.67. The van der Waals surface area contributed by atoms with E-state index in [1.165, 1.54) is 16.4 Å². The summed E-state index contributed by atoms with van der Waals surface area (Å²) in [5.41, 5.74) is 2.03. The molecule has 2 aromatic rings. The van der Waals surface area contributed by atoms with E-state index in [0.29, 0.717) is 25.6 Å². The first-order valence-corrected chi connectivity index (χ1v) is 8.39. The highest BCUT2D eigenvalue weighted by molar-refractivity contribution is 5.94. The normalized spacial score (nSPS) is 11.0. The zero-order chi connectivity index (χ0) is 18.2. The molecule has 1 amide bonds. The maximum absolute atomic E-state index is 12.1. The molecule has 1 aromatic carbocycles. The molecule has 1 heterocycles. The van der Waals surface area contributed by atoms with Crippen molar-refractivity contribution in [1.29, 1.82) is 0 Å². The minimum atomic E-state index is -0.399. The Morgan fingerprint density at radius 3 is 2.60 bits per heavy atom. The van der Waals surface area contributed by atoms with E-state index in [1.54, 1.807) is 7.11 Å². The molecule has 0 bridgehead atoms. The summed E-state index contributed by atoms with van der Waals surface area (Å²) in [4.78, 5) is 12.1. The van der Waals surface area contributed by atoms with Crippen LogP contribution in [0.2, 0.25) is 0 Å². The second kappa shape index (κ2) is 9.19. The number of hydrogen-bond acceptors (Lipinski definition) is 5. The summed E-state index contributed by atoms with van der Waals surface area (Å²) < 4.78 is 6.43. The Kier molecular flexibility index (Phi) is 6.97. The van der Waals surface area contributed by atoms with Crippen molar-refractivity contribution >= 4 is 5.91 Å². The molecule has 0 saturated heterocycles. The van der Waals surface area contributed by atoms with E-state index in [2.05, 4.69) is 29.6 Å². The summed E-state index contributed by atoms with van der Waals surface area (Å²) in [5, 5.41) is 20.1. The molecule has 25 heavy (non-hydrogen) atoms. The molecule has 1 aromatic heterocycles. The molecule has 2 rings (SSSR count). The number of aromatic hydroxyl groups is 1.